The lowest BCUT2D eigenvalue weighted by atomic mass is 9.78. The highest BCUT2D eigenvalue weighted by atomic mass is 16.5. The lowest BCUT2D eigenvalue weighted by Crippen LogP contribution is -2.44. The molecule has 0 bridgehead atoms. The van der Waals surface area contributed by atoms with E-state index in [1.54, 1.807) is 13.3 Å². The molecule has 28 heavy (non-hydrogen) atoms. The highest BCUT2D eigenvalue weighted by Gasteiger charge is 2.46. The fraction of sp³-hybridized carbons (Fsp3) is 0.292. The molecular weight excluding hydrogens is 348 g/mol. The molecule has 4 rings (SSSR count). The van der Waals surface area contributed by atoms with Crippen molar-refractivity contribution >= 4 is 0 Å². The van der Waals surface area contributed by atoms with Crippen LogP contribution in [-0.4, -0.2) is 35.2 Å². The van der Waals surface area contributed by atoms with E-state index in [2.05, 4.69) is 22.0 Å². The van der Waals surface area contributed by atoms with Crippen molar-refractivity contribution in [1.82, 2.24) is 9.88 Å². The first-order valence-corrected chi connectivity index (χ1v) is 9.81. The molecule has 4 nitrogen and oxygen atoms in total. The van der Waals surface area contributed by atoms with E-state index in [0.717, 1.165) is 37.1 Å². The van der Waals surface area contributed by atoms with Crippen LogP contribution in [-0.2, 0) is 5.60 Å². The van der Waals surface area contributed by atoms with Crippen LogP contribution in [0.4, 0.5) is 0 Å². The van der Waals surface area contributed by atoms with Gasteiger partial charge in [0, 0.05) is 12.3 Å². The van der Waals surface area contributed by atoms with Gasteiger partial charge < -0.3 is 9.84 Å². The average Bonchev–Trinajstić information content (AvgIpc) is 3.29. The highest BCUT2D eigenvalue weighted by Crippen LogP contribution is 2.45. The summed E-state index contributed by atoms with van der Waals surface area (Å²) >= 11 is 0. The summed E-state index contributed by atoms with van der Waals surface area (Å²) in [6, 6.07) is 23.5. The third kappa shape index (κ3) is 3.41. The summed E-state index contributed by atoms with van der Waals surface area (Å²) in [6.45, 7) is 1.91. The summed E-state index contributed by atoms with van der Waals surface area (Å²) in [5, 5.41) is 12.4. The summed E-state index contributed by atoms with van der Waals surface area (Å²) in [5.41, 5.74) is 1.21. The van der Waals surface area contributed by atoms with Gasteiger partial charge in [-0.2, -0.15) is 0 Å². The zero-order valence-electron chi connectivity index (χ0n) is 16.2. The standard InChI is InChI=1S/C24H26N2O2/c1-28-21-14-15-25-22(18-21)24(27,20-12-6-3-7-13-20)23(26-16-8-9-17-26)19-10-4-2-5-11-19/h2-7,10-15,18,23,27H,8-9,16-17H2,1H3. The smallest absolute Gasteiger partial charge is 0.151 e. The van der Waals surface area contributed by atoms with Crippen LogP contribution in [0.1, 0.15) is 35.7 Å². The first-order chi connectivity index (χ1) is 13.7. The van der Waals surface area contributed by atoms with Gasteiger partial charge >= 0.3 is 0 Å². The molecule has 0 amide bonds. The van der Waals surface area contributed by atoms with Crippen molar-refractivity contribution in [1.29, 1.82) is 0 Å². The second-order valence-corrected chi connectivity index (χ2v) is 7.27. The number of hydrogen-bond donors (Lipinski definition) is 1. The number of aliphatic hydroxyl groups is 1. The van der Waals surface area contributed by atoms with E-state index >= 15 is 0 Å². The van der Waals surface area contributed by atoms with Gasteiger partial charge in [0.25, 0.3) is 0 Å². The monoisotopic (exact) mass is 374 g/mol. The normalized spacial score (nSPS) is 17.8. The predicted molar refractivity (Wildman–Crippen MR) is 110 cm³/mol. The van der Waals surface area contributed by atoms with E-state index in [0.29, 0.717) is 11.4 Å². The molecule has 0 saturated carbocycles. The first kappa shape index (κ1) is 18.7. The first-order valence-electron chi connectivity index (χ1n) is 9.81. The average molecular weight is 374 g/mol. The maximum Gasteiger partial charge on any atom is 0.151 e. The summed E-state index contributed by atoms with van der Waals surface area (Å²) in [7, 11) is 1.63. The third-order valence-electron chi connectivity index (χ3n) is 5.59. The van der Waals surface area contributed by atoms with Gasteiger partial charge in [0.1, 0.15) is 5.75 Å². The Hall–Kier alpha value is -2.69. The fourth-order valence-electron chi connectivity index (χ4n) is 4.24. The van der Waals surface area contributed by atoms with Gasteiger partial charge in [0.05, 0.1) is 18.8 Å². The van der Waals surface area contributed by atoms with Crippen molar-refractivity contribution in [3.05, 3.63) is 95.8 Å². The predicted octanol–water partition coefficient (Wildman–Crippen LogP) is 4.16. The minimum Gasteiger partial charge on any atom is -0.497 e. The van der Waals surface area contributed by atoms with Crippen molar-refractivity contribution < 1.29 is 9.84 Å². The SMILES string of the molecule is COc1ccnc(C(O)(c2ccccc2)C(c2ccccc2)N2CCCC2)c1. The van der Waals surface area contributed by atoms with E-state index in [-0.39, 0.29) is 6.04 Å². The summed E-state index contributed by atoms with van der Waals surface area (Å²) in [5.74, 6) is 0.688. The Morgan fingerprint density at radius 2 is 1.61 bits per heavy atom. The zero-order chi connectivity index (χ0) is 19.4. The number of benzene rings is 2. The van der Waals surface area contributed by atoms with Crippen LogP contribution in [0.5, 0.6) is 5.75 Å². The van der Waals surface area contributed by atoms with Gasteiger partial charge in [-0.1, -0.05) is 60.7 Å². The van der Waals surface area contributed by atoms with Crippen LogP contribution in [0, 0.1) is 0 Å². The Morgan fingerprint density at radius 1 is 0.964 bits per heavy atom. The molecule has 0 spiro atoms. The molecule has 1 fully saturated rings. The van der Waals surface area contributed by atoms with Gasteiger partial charge in [-0.3, -0.25) is 9.88 Å². The van der Waals surface area contributed by atoms with Crippen LogP contribution < -0.4 is 4.74 Å². The summed E-state index contributed by atoms with van der Waals surface area (Å²) < 4.78 is 5.43. The molecule has 0 aliphatic carbocycles. The Bertz CT molecular complexity index is 895. The Labute approximate surface area is 166 Å². The van der Waals surface area contributed by atoms with E-state index in [4.69, 9.17) is 4.74 Å². The molecule has 1 aromatic heterocycles. The molecule has 1 N–H and O–H groups in total. The lowest BCUT2D eigenvalue weighted by Gasteiger charge is -2.42. The molecule has 2 atom stereocenters. The third-order valence-corrected chi connectivity index (χ3v) is 5.59. The number of methoxy groups -OCH3 is 1. The fourth-order valence-corrected chi connectivity index (χ4v) is 4.24. The molecule has 1 aliphatic rings. The van der Waals surface area contributed by atoms with Gasteiger partial charge in [-0.15, -0.1) is 0 Å². The van der Waals surface area contributed by atoms with Gasteiger partial charge in [-0.25, -0.2) is 0 Å². The van der Waals surface area contributed by atoms with Crippen LogP contribution in [0.25, 0.3) is 0 Å². The Morgan fingerprint density at radius 3 is 2.25 bits per heavy atom. The van der Waals surface area contributed by atoms with Gasteiger partial charge in [-0.05, 0) is 43.1 Å². The minimum atomic E-state index is -1.30. The summed E-state index contributed by atoms with van der Waals surface area (Å²) in [6.07, 6.45) is 3.98. The molecule has 2 aromatic carbocycles. The number of hydrogen-bond acceptors (Lipinski definition) is 4. The van der Waals surface area contributed by atoms with Crippen molar-refractivity contribution in [3.8, 4) is 5.75 Å². The Balaban J connectivity index is 1.94. The van der Waals surface area contributed by atoms with E-state index in [9.17, 15) is 5.11 Å². The van der Waals surface area contributed by atoms with Crippen LogP contribution >= 0.6 is 0 Å². The van der Waals surface area contributed by atoms with Crippen LogP contribution in [0.15, 0.2) is 79.0 Å². The van der Waals surface area contributed by atoms with Crippen molar-refractivity contribution in [3.63, 3.8) is 0 Å². The molecule has 1 saturated heterocycles. The highest BCUT2D eigenvalue weighted by molar-refractivity contribution is 5.41. The second-order valence-electron chi connectivity index (χ2n) is 7.27. The molecule has 2 unspecified atom stereocenters. The quantitative estimate of drug-likeness (QED) is 0.704. The number of nitrogens with zero attached hydrogens (tertiary/aromatic N) is 2. The van der Waals surface area contributed by atoms with E-state index in [1.807, 2.05) is 60.7 Å². The van der Waals surface area contributed by atoms with Crippen LogP contribution in [0.2, 0.25) is 0 Å². The van der Waals surface area contributed by atoms with Crippen molar-refractivity contribution in [2.75, 3.05) is 20.2 Å². The molecule has 3 aromatic rings. The largest absolute Gasteiger partial charge is 0.497 e. The lowest BCUT2D eigenvalue weighted by molar-refractivity contribution is -0.0182. The molecule has 0 radical (unpaired) electrons. The minimum absolute atomic E-state index is 0.238. The maximum atomic E-state index is 12.4. The topological polar surface area (TPSA) is 45.6 Å². The van der Waals surface area contributed by atoms with Gasteiger partial charge in [0.2, 0.25) is 0 Å². The number of aromatic nitrogens is 1. The zero-order valence-corrected chi connectivity index (χ0v) is 16.2. The van der Waals surface area contributed by atoms with Crippen molar-refractivity contribution in [2.24, 2.45) is 0 Å². The molecule has 1 aliphatic heterocycles. The summed E-state index contributed by atoms with van der Waals surface area (Å²) in [4.78, 5) is 6.98. The van der Waals surface area contributed by atoms with Gasteiger partial charge in [0.15, 0.2) is 5.60 Å². The molecule has 2 heterocycles. The van der Waals surface area contributed by atoms with E-state index < -0.39 is 5.60 Å². The molecule has 4 heteroatoms. The number of rotatable bonds is 6. The maximum absolute atomic E-state index is 12.4. The second kappa shape index (κ2) is 8.13. The van der Waals surface area contributed by atoms with Crippen molar-refractivity contribution in [2.45, 2.75) is 24.5 Å². The van der Waals surface area contributed by atoms with E-state index in [1.165, 1.54) is 0 Å². The number of pyridine rings is 1. The number of ether oxygens (including phenoxy) is 1. The Kier molecular flexibility index (Phi) is 5.42. The van der Waals surface area contributed by atoms with Crippen LogP contribution in [0.3, 0.4) is 0 Å². The molecule has 144 valence electrons. The molecular formula is C24H26N2O2. The number of likely N-dealkylation sites (tertiary alicyclic amines) is 1.